The monoisotopic (exact) mass is 403 g/mol. The Kier molecular flexibility index (Phi) is 5.67. The van der Waals surface area contributed by atoms with Gasteiger partial charge in [-0.05, 0) is 43.3 Å². The Morgan fingerprint density at radius 2 is 1.69 bits per heavy atom. The third kappa shape index (κ3) is 5.44. The molecule has 0 aliphatic carbocycles. The number of carbonyl (C=O) groups excluding carboxylic acids is 2. The Bertz CT molecular complexity index is 1040. The fourth-order valence-corrected chi connectivity index (χ4v) is 2.59. The summed E-state index contributed by atoms with van der Waals surface area (Å²) in [6.45, 7) is 1.71. The first-order valence-electron chi connectivity index (χ1n) is 8.51. The summed E-state index contributed by atoms with van der Waals surface area (Å²) in [7, 11) is 0. The lowest BCUT2D eigenvalue weighted by atomic mass is 10.1. The van der Waals surface area contributed by atoms with E-state index in [1.165, 1.54) is 24.3 Å². The lowest BCUT2D eigenvalue weighted by molar-refractivity contribution is -0.137. The van der Waals surface area contributed by atoms with E-state index in [1.807, 2.05) is 0 Å². The maximum absolute atomic E-state index is 12.8. The fraction of sp³-hybridized carbons (Fsp3) is 0.150. The Labute approximate surface area is 163 Å². The zero-order chi connectivity index (χ0) is 21.0. The predicted octanol–water partition coefficient (Wildman–Crippen LogP) is 4.44. The quantitative estimate of drug-likeness (QED) is 0.660. The largest absolute Gasteiger partial charge is 0.416 e. The Morgan fingerprint density at radius 1 is 1.00 bits per heavy atom. The van der Waals surface area contributed by atoms with Crippen LogP contribution in [0.5, 0.6) is 0 Å². The molecular formula is C20H16F3N3O3. The summed E-state index contributed by atoms with van der Waals surface area (Å²) in [6, 6.07) is 12.0. The number of amides is 2. The highest BCUT2D eigenvalue weighted by molar-refractivity contribution is 6.05. The molecule has 0 bridgehead atoms. The summed E-state index contributed by atoms with van der Waals surface area (Å²) < 4.78 is 43.3. The van der Waals surface area contributed by atoms with Crippen molar-refractivity contribution in [1.29, 1.82) is 0 Å². The number of alkyl halides is 3. The number of anilines is 2. The number of nitrogens with zero attached hydrogens (tertiary/aromatic N) is 1. The average molecular weight is 403 g/mol. The normalized spacial score (nSPS) is 11.2. The van der Waals surface area contributed by atoms with Crippen LogP contribution in [0.15, 0.2) is 59.1 Å². The molecule has 0 saturated carbocycles. The molecule has 0 radical (unpaired) electrons. The van der Waals surface area contributed by atoms with Gasteiger partial charge in [-0.15, -0.1) is 0 Å². The molecule has 0 aliphatic heterocycles. The zero-order valence-corrected chi connectivity index (χ0v) is 15.2. The Balaban J connectivity index is 1.67. The second-order valence-electron chi connectivity index (χ2n) is 6.27. The van der Waals surface area contributed by atoms with Gasteiger partial charge in [-0.3, -0.25) is 9.59 Å². The molecule has 3 rings (SSSR count). The minimum Gasteiger partial charge on any atom is -0.361 e. The first-order chi connectivity index (χ1) is 13.7. The maximum Gasteiger partial charge on any atom is 0.416 e. The molecular weight excluding hydrogens is 387 g/mol. The average Bonchev–Trinajstić information content (AvgIpc) is 3.06. The molecule has 0 atom stereocenters. The van der Waals surface area contributed by atoms with E-state index in [2.05, 4.69) is 15.8 Å². The summed E-state index contributed by atoms with van der Waals surface area (Å²) in [5, 5.41) is 8.79. The highest BCUT2D eigenvalue weighted by Crippen LogP contribution is 2.30. The lowest BCUT2D eigenvalue weighted by Gasteiger charge is -2.11. The van der Waals surface area contributed by atoms with E-state index < -0.39 is 17.6 Å². The van der Waals surface area contributed by atoms with Crippen LogP contribution >= 0.6 is 0 Å². The van der Waals surface area contributed by atoms with Crippen LogP contribution < -0.4 is 10.6 Å². The molecule has 29 heavy (non-hydrogen) atoms. The van der Waals surface area contributed by atoms with Gasteiger partial charge in [0.1, 0.15) is 5.76 Å². The second-order valence-corrected chi connectivity index (χ2v) is 6.27. The smallest absolute Gasteiger partial charge is 0.361 e. The summed E-state index contributed by atoms with van der Waals surface area (Å²) >= 11 is 0. The van der Waals surface area contributed by atoms with E-state index in [-0.39, 0.29) is 23.6 Å². The molecule has 2 amide bonds. The zero-order valence-electron chi connectivity index (χ0n) is 15.2. The first kappa shape index (κ1) is 20.1. The molecule has 1 heterocycles. The summed E-state index contributed by atoms with van der Waals surface area (Å²) in [5.41, 5.74) is 0.169. The highest BCUT2D eigenvalue weighted by Gasteiger charge is 2.30. The van der Waals surface area contributed by atoms with Crippen LogP contribution in [0, 0.1) is 6.92 Å². The van der Waals surface area contributed by atoms with Crippen LogP contribution in [0.25, 0.3) is 0 Å². The molecule has 9 heteroatoms. The number of aryl methyl sites for hydroxylation is 1. The minimum absolute atomic E-state index is 0.00199. The van der Waals surface area contributed by atoms with Crippen molar-refractivity contribution < 1.29 is 27.3 Å². The topological polar surface area (TPSA) is 84.2 Å². The molecule has 0 aliphatic rings. The second kappa shape index (κ2) is 8.17. The Hall–Kier alpha value is -3.62. The van der Waals surface area contributed by atoms with Crippen molar-refractivity contribution in [3.05, 3.63) is 77.2 Å². The van der Waals surface area contributed by atoms with Crippen LogP contribution in [-0.2, 0) is 17.4 Å². The molecule has 0 fully saturated rings. The molecule has 2 N–H and O–H groups in total. The number of nitrogens with one attached hydrogen (secondary N) is 2. The van der Waals surface area contributed by atoms with E-state index >= 15 is 0 Å². The molecule has 0 saturated heterocycles. The third-order valence-electron chi connectivity index (χ3n) is 3.87. The molecule has 0 spiro atoms. The first-order valence-corrected chi connectivity index (χ1v) is 8.51. The molecule has 150 valence electrons. The fourth-order valence-electron chi connectivity index (χ4n) is 2.59. The van der Waals surface area contributed by atoms with E-state index in [4.69, 9.17) is 4.52 Å². The molecule has 3 aromatic rings. The highest BCUT2D eigenvalue weighted by atomic mass is 19.4. The van der Waals surface area contributed by atoms with Gasteiger partial charge >= 0.3 is 6.18 Å². The van der Waals surface area contributed by atoms with Crippen molar-refractivity contribution in [2.24, 2.45) is 0 Å². The van der Waals surface area contributed by atoms with Crippen molar-refractivity contribution >= 4 is 23.2 Å². The molecule has 6 nitrogen and oxygen atoms in total. The molecule has 0 unspecified atom stereocenters. The van der Waals surface area contributed by atoms with Gasteiger partial charge in [0.25, 0.3) is 5.91 Å². The number of carbonyl (C=O) groups is 2. The lowest BCUT2D eigenvalue weighted by Crippen LogP contribution is -2.16. The van der Waals surface area contributed by atoms with Gasteiger partial charge in [-0.25, -0.2) is 0 Å². The minimum atomic E-state index is -4.51. The standard InChI is InChI=1S/C20H16F3N3O3/c1-12-8-17(26-29-12)11-18(27)24-15-6-2-4-13(9-15)19(28)25-16-7-3-5-14(10-16)20(21,22)23/h2-10H,11H2,1H3,(H,24,27)(H,25,28). The van der Waals surface area contributed by atoms with Gasteiger partial charge < -0.3 is 15.2 Å². The van der Waals surface area contributed by atoms with Crippen molar-refractivity contribution in [2.45, 2.75) is 19.5 Å². The summed E-state index contributed by atoms with van der Waals surface area (Å²) in [6.07, 6.45) is -4.51. The van der Waals surface area contributed by atoms with E-state index in [0.29, 0.717) is 17.1 Å². The maximum atomic E-state index is 12.8. The Morgan fingerprint density at radius 3 is 2.34 bits per heavy atom. The van der Waals surface area contributed by atoms with Crippen LogP contribution in [0.4, 0.5) is 24.5 Å². The molecule has 2 aromatic carbocycles. The van der Waals surface area contributed by atoms with Crippen LogP contribution in [-0.4, -0.2) is 17.0 Å². The number of aromatic nitrogens is 1. The van der Waals surface area contributed by atoms with Crippen LogP contribution in [0.2, 0.25) is 0 Å². The number of hydrogen-bond acceptors (Lipinski definition) is 4. The van der Waals surface area contributed by atoms with Gasteiger partial charge in [0, 0.05) is 23.0 Å². The van der Waals surface area contributed by atoms with E-state index in [1.54, 1.807) is 25.1 Å². The SMILES string of the molecule is Cc1cc(CC(=O)Nc2cccc(C(=O)Nc3cccc(C(F)(F)F)c3)c2)no1. The third-order valence-corrected chi connectivity index (χ3v) is 3.87. The van der Waals surface area contributed by atoms with Gasteiger partial charge in [-0.2, -0.15) is 13.2 Å². The van der Waals surface area contributed by atoms with Gasteiger partial charge in [0.2, 0.25) is 5.91 Å². The number of halogens is 3. The van der Waals surface area contributed by atoms with Gasteiger partial charge in [0.15, 0.2) is 0 Å². The predicted molar refractivity (Wildman–Crippen MR) is 99.4 cm³/mol. The van der Waals surface area contributed by atoms with E-state index in [0.717, 1.165) is 12.1 Å². The van der Waals surface area contributed by atoms with Crippen LogP contribution in [0.3, 0.4) is 0 Å². The van der Waals surface area contributed by atoms with Crippen LogP contribution in [0.1, 0.15) is 27.4 Å². The van der Waals surface area contributed by atoms with Crippen molar-refractivity contribution in [1.82, 2.24) is 5.16 Å². The summed E-state index contributed by atoms with van der Waals surface area (Å²) in [5.74, 6) is -0.373. The van der Waals surface area contributed by atoms with Gasteiger partial charge in [0.05, 0.1) is 17.7 Å². The van der Waals surface area contributed by atoms with E-state index in [9.17, 15) is 22.8 Å². The van der Waals surface area contributed by atoms with Crippen molar-refractivity contribution in [3.8, 4) is 0 Å². The van der Waals surface area contributed by atoms with Crippen molar-refractivity contribution in [2.75, 3.05) is 10.6 Å². The number of benzene rings is 2. The summed E-state index contributed by atoms with van der Waals surface area (Å²) in [4.78, 5) is 24.5. The molecule has 1 aromatic heterocycles. The van der Waals surface area contributed by atoms with Gasteiger partial charge in [-0.1, -0.05) is 17.3 Å². The number of hydrogen-bond donors (Lipinski definition) is 2. The van der Waals surface area contributed by atoms with Crippen molar-refractivity contribution in [3.63, 3.8) is 0 Å². The number of rotatable bonds is 5.